The minimum absolute atomic E-state index is 0.573. The van der Waals surface area contributed by atoms with Crippen molar-refractivity contribution >= 4 is 94.4 Å². The van der Waals surface area contributed by atoms with Gasteiger partial charge in [-0.15, -0.1) is 0 Å². The van der Waals surface area contributed by atoms with E-state index in [1.54, 1.807) is 0 Å². The third-order valence-corrected chi connectivity index (χ3v) is 17.5. The zero-order valence-corrected chi connectivity index (χ0v) is 34.3. The van der Waals surface area contributed by atoms with Crippen LogP contribution in [0.15, 0.2) is 211 Å². The van der Waals surface area contributed by atoms with Crippen LogP contribution in [0.1, 0.15) is 11.1 Å². The molecule has 12 aromatic rings. The van der Waals surface area contributed by atoms with Crippen LogP contribution in [0.4, 0.5) is 0 Å². The number of nitrogens with zero attached hydrogens (tertiary/aromatic N) is 4. The zero-order chi connectivity index (χ0) is 41.4. The Bertz CT molecular complexity index is 3810. The lowest BCUT2D eigenvalue weighted by Gasteiger charge is -2.35. The van der Waals surface area contributed by atoms with E-state index in [-0.39, 0.29) is 0 Å². The molecule has 3 aromatic heterocycles. The molecule has 0 N–H and O–H groups in total. The van der Waals surface area contributed by atoms with Crippen LogP contribution in [0.3, 0.4) is 0 Å². The van der Waals surface area contributed by atoms with Crippen molar-refractivity contribution in [2.45, 2.75) is 0 Å². The van der Waals surface area contributed by atoms with E-state index in [1.165, 1.54) is 15.6 Å². The van der Waals surface area contributed by atoms with Crippen molar-refractivity contribution in [1.29, 1.82) is 10.5 Å². The van der Waals surface area contributed by atoms with Gasteiger partial charge in [0.25, 0.3) is 0 Å². The number of rotatable bonds is 6. The average molecular weight is 807 g/mol. The van der Waals surface area contributed by atoms with Gasteiger partial charge in [0.05, 0.1) is 45.0 Å². The Morgan fingerprint density at radius 3 is 1.73 bits per heavy atom. The van der Waals surface area contributed by atoms with Crippen molar-refractivity contribution in [3.05, 3.63) is 217 Å². The summed E-state index contributed by atoms with van der Waals surface area (Å²) in [6.07, 6.45) is 0. The number of fused-ring (bicyclic) bond motifs is 10. The highest BCUT2D eigenvalue weighted by atomic mass is 28.3. The molecule has 0 aliphatic rings. The fourth-order valence-electron chi connectivity index (χ4n) is 10.1. The molecule has 0 radical (unpaired) electrons. The van der Waals surface area contributed by atoms with Crippen LogP contribution >= 0.6 is 0 Å². The maximum absolute atomic E-state index is 11.2. The summed E-state index contributed by atoms with van der Waals surface area (Å²) in [6.45, 7) is 0. The summed E-state index contributed by atoms with van der Waals surface area (Å²) in [7, 11) is -3.17. The third-order valence-electron chi connectivity index (χ3n) is 12.7. The van der Waals surface area contributed by atoms with Gasteiger partial charge in [-0.1, -0.05) is 140 Å². The Labute approximate surface area is 357 Å². The Morgan fingerprint density at radius 1 is 0.403 bits per heavy atom. The normalized spacial score (nSPS) is 11.8. The first-order valence-electron chi connectivity index (χ1n) is 20.7. The summed E-state index contributed by atoms with van der Waals surface area (Å²) in [6, 6.07) is 77.5. The van der Waals surface area contributed by atoms with E-state index in [4.69, 9.17) is 4.42 Å². The standard InChI is InChI=1S/C56H34N4OSi/c57-35-37-26-30-53-49(32-37)45-21-8-11-24-52(45)60(53)50-31-27-43(33-38(50)36-58)62(40-15-3-1-4-16-40,41-17-5-2-6-18-41)42-19-13-14-39(34-42)59-51-23-10-7-20-44(51)47-28-29-48-46-22-9-12-25-54(46)61-56(48)55(47)59/h1-34H. The Kier molecular flexibility index (Phi) is 7.92. The maximum atomic E-state index is 11.2. The van der Waals surface area contributed by atoms with E-state index >= 15 is 0 Å². The minimum atomic E-state index is -3.17. The Hall–Kier alpha value is -8.42. The highest BCUT2D eigenvalue weighted by Gasteiger charge is 2.42. The van der Waals surface area contributed by atoms with E-state index in [9.17, 15) is 10.5 Å². The van der Waals surface area contributed by atoms with Gasteiger partial charge in [0.2, 0.25) is 0 Å². The predicted molar refractivity (Wildman–Crippen MR) is 255 cm³/mol. The average Bonchev–Trinajstić information content (AvgIpc) is 4.00. The molecule has 0 saturated carbocycles. The van der Waals surface area contributed by atoms with Crippen LogP contribution in [-0.2, 0) is 0 Å². The van der Waals surface area contributed by atoms with Crippen molar-refractivity contribution in [3.63, 3.8) is 0 Å². The molecule has 0 fully saturated rings. The summed E-state index contributed by atoms with van der Waals surface area (Å²) in [5.74, 6) is 0. The molecular weight excluding hydrogens is 773 g/mol. The fourth-order valence-corrected chi connectivity index (χ4v) is 14.9. The van der Waals surface area contributed by atoms with Crippen molar-refractivity contribution < 1.29 is 4.42 Å². The second kappa shape index (κ2) is 13.8. The minimum Gasteiger partial charge on any atom is -0.454 e. The molecule has 0 amide bonds. The quantitative estimate of drug-likeness (QED) is 0.124. The smallest absolute Gasteiger partial charge is 0.179 e. The second-order valence-electron chi connectivity index (χ2n) is 15.9. The first-order chi connectivity index (χ1) is 30.7. The van der Waals surface area contributed by atoms with Gasteiger partial charge < -0.3 is 13.6 Å². The summed E-state index contributed by atoms with van der Waals surface area (Å²) in [5.41, 5.74) is 8.79. The van der Waals surface area contributed by atoms with Crippen molar-refractivity contribution in [3.8, 4) is 23.5 Å². The molecule has 0 aliphatic carbocycles. The van der Waals surface area contributed by atoms with Gasteiger partial charge in [-0.2, -0.15) is 10.5 Å². The SMILES string of the molecule is N#Cc1ccc2c(c1)c1ccccc1n2-c1ccc([Si](c2ccccc2)(c2ccccc2)c2cccc(-n3c4ccccc4c4ccc5c6ccccc6oc5c43)c2)cc1C#N. The maximum Gasteiger partial charge on any atom is 0.179 e. The van der Waals surface area contributed by atoms with Crippen LogP contribution < -0.4 is 20.7 Å². The van der Waals surface area contributed by atoms with Crippen molar-refractivity contribution in [1.82, 2.24) is 9.13 Å². The van der Waals surface area contributed by atoms with Gasteiger partial charge in [-0.3, -0.25) is 0 Å². The van der Waals surface area contributed by atoms with E-state index in [2.05, 4.69) is 185 Å². The molecule has 0 saturated heterocycles. The first kappa shape index (κ1) is 35.5. The molecule has 9 aromatic carbocycles. The van der Waals surface area contributed by atoms with Crippen LogP contribution in [0.2, 0.25) is 0 Å². The number of hydrogen-bond donors (Lipinski definition) is 0. The molecule has 0 spiro atoms. The van der Waals surface area contributed by atoms with Crippen LogP contribution in [0, 0.1) is 22.7 Å². The van der Waals surface area contributed by atoms with Crippen LogP contribution in [-0.4, -0.2) is 17.2 Å². The van der Waals surface area contributed by atoms with E-state index in [1.807, 2.05) is 42.5 Å². The number of para-hydroxylation sites is 3. The molecule has 3 heterocycles. The molecule has 5 nitrogen and oxygen atoms in total. The summed E-state index contributed by atoms with van der Waals surface area (Å²) in [5, 5.41) is 32.1. The number of benzene rings is 9. The van der Waals surface area contributed by atoms with Crippen LogP contribution in [0.25, 0.3) is 76.9 Å². The Balaban J connectivity index is 1.15. The van der Waals surface area contributed by atoms with Gasteiger partial charge in [-0.05, 0) is 87.5 Å². The van der Waals surface area contributed by atoms with E-state index in [0.717, 1.165) is 82.1 Å². The third kappa shape index (κ3) is 5.05. The highest BCUT2D eigenvalue weighted by Crippen LogP contribution is 2.40. The molecule has 0 atom stereocenters. The number of nitriles is 2. The van der Waals surface area contributed by atoms with Crippen molar-refractivity contribution in [2.24, 2.45) is 0 Å². The number of furan rings is 1. The largest absolute Gasteiger partial charge is 0.454 e. The zero-order valence-electron chi connectivity index (χ0n) is 33.3. The molecule has 288 valence electrons. The molecule has 0 bridgehead atoms. The first-order valence-corrected chi connectivity index (χ1v) is 22.7. The second-order valence-corrected chi connectivity index (χ2v) is 19.7. The highest BCUT2D eigenvalue weighted by molar-refractivity contribution is 7.20. The van der Waals surface area contributed by atoms with Gasteiger partial charge in [0.1, 0.15) is 11.7 Å². The summed E-state index contributed by atoms with van der Waals surface area (Å²) < 4.78 is 11.3. The summed E-state index contributed by atoms with van der Waals surface area (Å²) >= 11 is 0. The molecule has 0 unspecified atom stereocenters. The lowest BCUT2D eigenvalue weighted by molar-refractivity contribution is 0.671. The number of hydrogen-bond acceptors (Lipinski definition) is 3. The summed E-state index contributed by atoms with van der Waals surface area (Å²) in [4.78, 5) is 0. The molecule has 6 heteroatoms. The fraction of sp³-hybridized carbons (Fsp3) is 0. The lowest BCUT2D eigenvalue weighted by Crippen LogP contribution is -2.74. The lowest BCUT2D eigenvalue weighted by atomic mass is 10.1. The molecule has 12 rings (SSSR count). The number of aromatic nitrogens is 2. The monoisotopic (exact) mass is 806 g/mol. The van der Waals surface area contributed by atoms with E-state index < -0.39 is 8.07 Å². The topological polar surface area (TPSA) is 70.6 Å². The Morgan fingerprint density at radius 2 is 1.00 bits per heavy atom. The van der Waals surface area contributed by atoms with Crippen molar-refractivity contribution in [2.75, 3.05) is 0 Å². The molecular formula is C56H34N4OSi. The molecule has 62 heavy (non-hydrogen) atoms. The molecule has 0 aliphatic heterocycles. The van der Waals surface area contributed by atoms with Crippen LogP contribution in [0.5, 0.6) is 0 Å². The van der Waals surface area contributed by atoms with E-state index in [0.29, 0.717) is 11.1 Å². The van der Waals surface area contributed by atoms with Gasteiger partial charge >= 0.3 is 0 Å². The van der Waals surface area contributed by atoms with Gasteiger partial charge in [0, 0.05) is 38.0 Å². The predicted octanol–water partition coefficient (Wildman–Crippen LogP) is 10.9. The van der Waals surface area contributed by atoms with Gasteiger partial charge in [0.15, 0.2) is 13.7 Å². The van der Waals surface area contributed by atoms with Gasteiger partial charge in [-0.25, -0.2) is 0 Å².